The van der Waals surface area contributed by atoms with E-state index in [1.807, 2.05) is 13.8 Å². The van der Waals surface area contributed by atoms with Gasteiger partial charge in [-0.05, 0) is 38.8 Å². The van der Waals surface area contributed by atoms with E-state index in [9.17, 15) is 9.59 Å². The Balaban J connectivity index is 2.08. The molecule has 1 aromatic carbocycles. The third-order valence-corrected chi connectivity index (χ3v) is 3.63. The second-order valence-electron chi connectivity index (χ2n) is 5.68. The second kappa shape index (κ2) is 6.03. The van der Waals surface area contributed by atoms with Crippen LogP contribution in [0.3, 0.4) is 0 Å². The number of likely N-dealkylation sites (tertiary alicyclic amines) is 1. The lowest BCUT2D eigenvalue weighted by Gasteiger charge is -2.31. The molecule has 0 aliphatic carbocycles. The number of anilines is 1. The molecular weight excluding hydrogens is 272 g/mol. The summed E-state index contributed by atoms with van der Waals surface area (Å²) in [5.74, 6) is -0.706. The molecule has 2 rings (SSSR count). The zero-order valence-electron chi connectivity index (χ0n) is 12.3. The van der Waals surface area contributed by atoms with E-state index in [2.05, 4.69) is 5.32 Å². The van der Waals surface area contributed by atoms with Crippen LogP contribution >= 0.6 is 0 Å². The molecule has 0 saturated carbocycles. The van der Waals surface area contributed by atoms with Crippen LogP contribution in [0.4, 0.5) is 10.5 Å². The fourth-order valence-corrected chi connectivity index (χ4v) is 2.50. The summed E-state index contributed by atoms with van der Waals surface area (Å²) in [6.07, 6.45) is 1.95. The van der Waals surface area contributed by atoms with Crippen molar-refractivity contribution in [3.05, 3.63) is 24.3 Å². The van der Waals surface area contributed by atoms with Gasteiger partial charge in [0, 0.05) is 12.1 Å². The van der Waals surface area contributed by atoms with Gasteiger partial charge in [0.15, 0.2) is 6.61 Å². The van der Waals surface area contributed by atoms with Crippen LogP contribution in [-0.2, 0) is 4.79 Å². The molecule has 6 nitrogen and oxygen atoms in total. The van der Waals surface area contributed by atoms with Crippen molar-refractivity contribution in [2.75, 3.05) is 18.5 Å². The predicted octanol–water partition coefficient (Wildman–Crippen LogP) is 2.56. The molecule has 1 aliphatic heterocycles. The lowest BCUT2D eigenvalue weighted by Crippen LogP contribution is -2.45. The van der Waals surface area contributed by atoms with Crippen molar-refractivity contribution < 1.29 is 19.4 Å². The number of amides is 2. The molecule has 21 heavy (non-hydrogen) atoms. The van der Waals surface area contributed by atoms with E-state index in [-0.39, 0.29) is 11.6 Å². The highest BCUT2D eigenvalue weighted by Gasteiger charge is 2.35. The van der Waals surface area contributed by atoms with Crippen LogP contribution < -0.4 is 10.1 Å². The first-order valence-corrected chi connectivity index (χ1v) is 6.92. The molecular formula is C15H20N2O4. The van der Waals surface area contributed by atoms with Crippen molar-refractivity contribution in [1.29, 1.82) is 0 Å². The third-order valence-electron chi connectivity index (χ3n) is 3.63. The first-order chi connectivity index (χ1) is 9.90. The van der Waals surface area contributed by atoms with E-state index in [0.29, 0.717) is 11.4 Å². The Morgan fingerprint density at radius 3 is 2.71 bits per heavy atom. The van der Waals surface area contributed by atoms with Crippen LogP contribution in [0.15, 0.2) is 24.3 Å². The number of aliphatic carboxylic acids is 1. The standard InChI is InChI=1S/C15H20N2O4/c1-15(2)8-5-9-17(15)14(20)16-11-6-3-4-7-12(11)21-10-13(18)19/h3-4,6-7H,5,8-10H2,1-2H3,(H,16,20)(H,18,19). The first-order valence-electron chi connectivity index (χ1n) is 6.92. The average Bonchev–Trinajstić information content (AvgIpc) is 2.77. The van der Waals surface area contributed by atoms with Crippen LogP contribution in [-0.4, -0.2) is 40.7 Å². The lowest BCUT2D eigenvalue weighted by atomic mass is 10.0. The van der Waals surface area contributed by atoms with Gasteiger partial charge in [-0.3, -0.25) is 0 Å². The number of nitrogens with one attached hydrogen (secondary N) is 1. The summed E-state index contributed by atoms with van der Waals surface area (Å²) in [6.45, 7) is 4.35. The Labute approximate surface area is 123 Å². The van der Waals surface area contributed by atoms with Crippen molar-refractivity contribution in [3.63, 3.8) is 0 Å². The van der Waals surface area contributed by atoms with Crippen LogP contribution in [0.2, 0.25) is 0 Å². The number of hydrogen-bond donors (Lipinski definition) is 2. The minimum Gasteiger partial charge on any atom is -0.480 e. The Kier molecular flexibility index (Phi) is 4.35. The minimum atomic E-state index is -1.06. The minimum absolute atomic E-state index is 0.166. The number of carboxylic acid groups (broad SMARTS) is 1. The van der Waals surface area contributed by atoms with Crippen LogP contribution in [0.25, 0.3) is 0 Å². The van der Waals surface area contributed by atoms with E-state index in [1.165, 1.54) is 0 Å². The largest absolute Gasteiger partial charge is 0.480 e. The molecule has 0 spiro atoms. The number of rotatable bonds is 4. The summed E-state index contributed by atoms with van der Waals surface area (Å²) >= 11 is 0. The Morgan fingerprint density at radius 1 is 1.38 bits per heavy atom. The van der Waals surface area contributed by atoms with Crippen molar-refractivity contribution >= 4 is 17.7 Å². The molecule has 0 radical (unpaired) electrons. The summed E-state index contributed by atoms with van der Waals surface area (Å²) in [7, 11) is 0. The van der Waals surface area contributed by atoms with Crippen LogP contribution in [0.5, 0.6) is 5.75 Å². The van der Waals surface area contributed by atoms with Crippen molar-refractivity contribution in [1.82, 2.24) is 4.90 Å². The number of ether oxygens (including phenoxy) is 1. The van der Waals surface area contributed by atoms with Gasteiger partial charge in [0.25, 0.3) is 0 Å². The summed E-state index contributed by atoms with van der Waals surface area (Å²) in [6, 6.07) is 6.63. The number of nitrogens with zero attached hydrogens (tertiary/aromatic N) is 1. The van der Waals surface area contributed by atoms with E-state index in [0.717, 1.165) is 19.4 Å². The van der Waals surface area contributed by atoms with Crippen molar-refractivity contribution in [2.24, 2.45) is 0 Å². The normalized spacial score (nSPS) is 16.6. The predicted molar refractivity (Wildman–Crippen MR) is 78.6 cm³/mol. The van der Waals surface area contributed by atoms with Gasteiger partial charge in [-0.1, -0.05) is 12.1 Å². The Hall–Kier alpha value is -2.24. The molecule has 6 heteroatoms. The van der Waals surface area contributed by atoms with E-state index >= 15 is 0 Å². The average molecular weight is 292 g/mol. The monoisotopic (exact) mass is 292 g/mol. The molecule has 1 aromatic rings. The quantitative estimate of drug-likeness (QED) is 0.894. The summed E-state index contributed by atoms with van der Waals surface area (Å²) in [4.78, 5) is 24.7. The van der Waals surface area contributed by atoms with Gasteiger partial charge in [-0.2, -0.15) is 0 Å². The summed E-state index contributed by atoms with van der Waals surface area (Å²) in [5.41, 5.74) is 0.312. The van der Waals surface area contributed by atoms with Gasteiger partial charge in [0.2, 0.25) is 0 Å². The van der Waals surface area contributed by atoms with Crippen LogP contribution in [0, 0.1) is 0 Å². The lowest BCUT2D eigenvalue weighted by molar-refractivity contribution is -0.139. The SMILES string of the molecule is CC1(C)CCCN1C(=O)Nc1ccccc1OCC(=O)O. The summed E-state index contributed by atoms with van der Waals surface area (Å²) in [5, 5.41) is 11.5. The number of carbonyl (C=O) groups is 2. The molecule has 0 aromatic heterocycles. The molecule has 2 N–H and O–H groups in total. The molecule has 1 saturated heterocycles. The van der Waals surface area contributed by atoms with Gasteiger partial charge in [-0.25, -0.2) is 9.59 Å². The number of para-hydroxylation sites is 2. The maximum atomic E-state index is 12.4. The Morgan fingerprint density at radius 2 is 2.10 bits per heavy atom. The number of hydrogen-bond acceptors (Lipinski definition) is 3. The maximum absolute atomic E-state index is 12.4. The molecule has 1 fully saturated rings. The van der Waals surface area contributed by atoms with E-state index in [4.69, 9.17) is 9.84 Å². The zero-order valence-corrected chi connectivity index (χ0v) is 12.3. The molecule has 1 aliphatic rings. The molecule has 114 valence electrons. The molecule has 2 amide bonds. The van der Waals surface area contributed by atoms with E-state index in [1.54, 1.807) is 29.2 Å². The fraction of sp³-hybridized carbons (Fsp3) is 0.467. The van der Waals surface area contributed by atoms with Gasteiger partial charge in [-0.15, -0.1) is 0 Å². The molecule has 1 heterocycles. The molecule has 0 bridgehead atoms. The number of carboxylic acids is 1. The highest BCUT2D eigenvalue weighted by molar-refractivity contribution is 5.91. The molecule has 0 unspecified atom stereocenters. The highest BCUT2D eigenvalue weighted by Crippen LogP contribution is 2.30. The van der Waals surface area contributed by atoms with Crippen molar-refractivity contribution in [3.8, 4) is 5.75 Å². The zero-order chi connectivity index (χ0) is 15.5. The Bertz CT molecular complexity index is 542. The maximum Gasteiger partial charge on any atom is 0.341 e. The number of urea groups is 1. The van der Waals surface area contributed by atoms with Gasteiger partial charge in [0.05, 0.1) is 5.69 Å². The van der Waals surface area contributed by atoms with Gasteiger partial charge >= 0.3 is 12.0 Å². The smallest absolute Gasteiger partial charge is 0.341 e. The van der Waals surface area contributed by atoms with E-state index < -0.39 is 12.6 Å². The highest BCUT2D eigenvalue weighted by atomic mass is 16.5. The first kappa shape index (κ1) is 15.2. The van der Waals surface area contributed by atoms with Gasteiger partial charge in [0.1, 0.15) is 5.75 Å². The summed E-state index contributed by atoms with van der Waals surface area (Å²) < 4.78 is 5.18. The van der Waals surface area contributed by atoms with Gasteiger partial charge < -0.3 is 20.1 Å². The number of carbonyl (C=O) groups excluding carboxylic acids is 1. The molecule has 0 atom stereocenters. The van der Waals surface area contributed by atoms with Crippen molar-refractivity contribution in [2.45, 2.75) is 32.2 Å². The third kappa shape index (κ3) is 3.65. The second-order valence-corrected chi connectivity index (χ2v) is 5.68. The van der Waals surface area contributed by atoms with Crippen LogP contribution in [0.1, 0.15) is 26.7 Å². The fourth-order valence-electron chi connectivity index (χ4n) is 2.50. The number of benzene rings is 1. The topological polar surface area (TPSA) is 78.9 Å².